The molecular formula is C13H27N3OS. The van der Waals surface area contributed by atoms with Crippen LogP contribution in [0.4, 0.5) is 0 Å². The van der Waals surface area contributed by atoms with Gasteiger partial charge in [-0.1, -0.05) is 26.1 Å². The molecule has 0 spiro atoms. The monoisotopic (exact) mass is 273 g/mol. The summed E-state index contributed by atoms with van der Waals surface area (Å²) in [6.45, 7) is 10.4. The van der Waals surface area contributed by atoms with Crippen LogP contribution in [0.2, 0.25) is 0 Å². The molecule has 1 atom stereocenters. The number of likely N-dealkylation sites (N-methyl/N-ethyl adjacent to an activating group) is 1. The van der Waals surface area contributed by atoms with Crippen LogP contribution in [0, 0.1) is 5.92 Å². The molecule has 1 saturated heterocycles. The Labute approximate surface area is 116 Å². The zero-order chi connectivity index (χ0) is 13.5. The molecule has 0 saturated carbocycles. The summed E-state index contributed by atoms with van der Waals surface area (Å²) in [6, 6.07) is 0. The standard InChI is InChI=1S/C13H27N3OS/c1-11(2)8-16(5-4-13(14)18)10-12-9-15(3)6-7-17-12/h11-12H,4-10H2,1-3H3,(H2,14,18). The molecule has 0 bridgehead atoms. The van der Waals surface area contributed by atoms with Gasteiger partial charge in [0.05, 0.1) is 17.7 Å². The van der Waals surface area contributed by atoms with Crippen molar-refractivity contribution in [2.45, 2.75) is 26.4 Å². The minimum atomic E-state index is 0.314. The number of nitrogens with zero attached hydrogens (tertiary/aromatic N) is 2. The summed E-state index contributed by atoms with van der Waals surface area (Å²) in [7, 11) is 2.15. The Bertz CT molecular complexity index is 261. The molecule has 1 fully saturated rings. The molecule has 0 aromatic carbocycles. The average Bonchev–Trinajstić information content (AvgIpc) is 2.25. The lowest BCUT2D eigenvalue weighted by Gasteiger charge is -2.34. The molecule has 1 aliphatic heterocycles. The fraction of sp³-hybridized carbons (Fsp3) is 0.923. The number of hydrogen-bond donors (Lipinski definition) is 1. The zero-order valence-corrected chi connectivity index (χ0v) is 12.7. The highest BCUT2D eigenvalue weighted by Gasteiger charge is 2.21. The Morgan fingerprint density at radius 3 is 2.83 bits per heavy atom. The second kappa shape index (κ2) is 8.04. The van der Waals surface area contributed by atoms with Crippen molar-refractivity contribution >= 4 is 17.2 Å². The highest BCUT2D eigenvalue weighted by Crippen LogP contribution is 2.08. The summed E-state index contributed by atoms with van der Waals surface area (Å²) >= 11 is 4.96. The fourth-order valence-electron chi connectivity index (χ4n) is 2.31. The Hall–Kier alpha value is -0.230. The van der Waals surface area contributed by atoms with E-state index in [0.717, 1.165) is 45.8 Å². The number of morpholine rings is 1. The molecule has 1 aliphatic rings. The van der Waals surface area contributed by atoms with Gasteiger partial charge in [-0.05, 0) is 13.0 Å². The second-order valence-corrected chi connectivity index (χ2v) is 6.15. The predicted molar refractivity (Wildman–Crippen MR) is 79.9 cm³/mol. The maximum absolute atomic E-state index is 5.82. The number of thiocarbonyl (C=S) groups is 1. The van der Waals surface area contributed by atoms with Gasteiger partial charge >= 0.3 is 0 Å². The average molecular weight is 273 g/mol. The van der Waals surface area contributed by atoms with Crippen molar-refractivity contribution in [3.8, 4) is 0 Å². The highest BCUT2D eigenvalue weighted by molar-refractivity contribution is 7.80. The first-order valence-corrected chi connectivity index (χ1v) is 7.19. The van der Waals surface area contributed by atoms with Gasteiger partial charge in [-0.15, -0.1) is 0 Å². The molecule has 0 aromatic heterocycles. The smallest absolute Gasteiger partial charge is 0.0829 e. The fourth-order valence-corrected chi connectivity index (χ4v) is 2.40. The van der Waals surface area contributed by atoms with Crippen LogP contribution in [0.5, 0.6) is 0 Å². The van der Waals surface area contributed by atoms with Crippen LogP contribution < -0.4 is 5.73 Å². The molecule has 5 heteroatoms. The minimum Gasteiger partial charge on any atom is -0.393 e. The molecule has 0 aromatic rings. The van der Waals surface area contributed by atoms with Crippen molar-refractivity contribution < 1.29 is 4.74 Å². The van der Waals surface area contributed by atoms with Gasteiger partial charge in [-0.25, -0.2) is 0 Å². The lowest BCUT2D eigenvalue weighted by atomic mass is 10.1. The molecule has 0 amide bonds. The van der Waals surface area contributed by atoms with Crippen LogP contribution in [0.1, 0.15) is 20.3 Å². The van der Waals surface area contributed by atoms with E-state index in [1.807, 2.05) is 0 Å². The van der Waals surface area contributed by atoms with Crippen LogP contribution in [0.3, 0.4) is 0 Å². The van der Waals surface area contributed by atoms with Crippen molar-refractivity contribution in [3.63, 3.8) is 0 Å². The molecule has 4 nitrogen and oxygen atoms in total. The first kappa shape index (κ1) is 15.8. The van der Waals surface area contributed by atoms with E-state index in [0.29, 0.717) is 17.0 Å². The molecule has 2 N–H and O–H groups in total. The predicted octanol–water partition coefficient (Wildman–Crippen LogP) is 0.951. The molecular weight excluding hydrogens is 246 g/mol. The summed E-state index contributed by atoms with van der Waals surface area (Å²) in [4.78, 5) is 5.36. The van der Waals surface area contributed by atoms with E-state index in [9.17, 15) is 0 Å². The molecule has 1 rings (SSSR count). The summed E-state index contributed by atoms with van der Waals surface area (Å²) in [6.07, 6.45) is 1.11. The van der Waals surface area contributed by atoms with Gasteiger partial charge in [0.2, 0.25) is 0 Å². The molecule has 1 heterocycles. The Balaban J connectivity index is 2.40. The molecule has 0 radical (unpaired) electrons. The largest absolute Gasteiger partial charge is 0.393 e. The number of rotatable bonds is 7. The molecule has 18 heavy (non-hydrogen) atoms. The van der Waals surface area contributed by atoms with Crippen molar-refractivity contribution in [2.24, 2.45) is 11.7 Å². The lowest BCUT2D eigenvalue weighted by Crippen LogP contribution is -2.47. The Morgan fingerprint density at radius 1 is 1.56 bits per heavy atom. The third-order valence-corrected chi connectivity index (χ3v) is 3.31. The zero-order valence-electron chi connectivity index (χ0n) is 11.9. The van der Waals surface area contributed by atoms with Gasteiger partial charge in [0.25, 0.3) is 0 Å². The quantitative estimate of drug-likeness (QED) is 0.700. The van der Waals surface area contributed by atoms with E-state index in [1.54, 1.807) is 0 Å². The minimum absolute atomic E-state index is 0.314. The van der Waals surface area contributed by atoms with Gasteiger partial charge in [0.1, 0.15) is 0 Å². The summed E-state index contributed by atoms with van der Waals surface area (Å²) in [5.74, 6) is 0.651. The normalized spacial score (nSPS) is 21.7. The van der Waals surface area contributed by atoms with Gasteiger partial charge < -0.3 is 20.3 Å². The summed E-state index contributed by atoms with van der Waals surface area (Å²) < 4.78 is 5.82. The summed E-state index contributed by atoms with van der Waals surface area (Å²) in [5, 5.41) is 0. The third-order valence-electron chi connectivity index (χ3n) is 3.10. The van der Waals surface area contributed by atoms with Crippen LogP contribution in [0.25, 0.3) is 0 Å². The van der Waals surface area contributed by atoms with Gasteiger partial charge in [0.15, 0.2) is 0 Å². The van der Waals surface area contributed by atoms with E-state index in [-0.39, 0.29) is 0 Å². The van der Waals surface area contributed by atoms with Gasteiger partial charge in [0, 0.05) is 39.1 Å². The second-order valence-electron chi connectivity index (χ2n) is 5.62. The van der Waals surface area contributed by atoms with Crippen molar-refractivity contribution in [1.29, 1.82) is 0 Å². The first-order valence-electron chi connectivity index (χ1n) is 6.78. The van der Waals surface area contributed by atoms with Crippen LogP contribution in [-0.2, 0) is 4.74 Å². The lowest BCUT2D eigenvalue weighted by molar-refractivity contribution is -0.0364. The van der Waals surface area contributed by atoms with E-state index in [2.05, 4.69) is 30.7 Å². The third kappa shape index (κ3) is 6.64. The number of nitrogens with two attached hydrogens (primary N) is 1. The van der Waals surface area contributed by atoms with Crippen LogP contribution >= 0.6 is 12.2 Å². The SMILES string of the molecule is CC(C)CN(CCC(N)=S)CC1CN(C)CCO1. The maximum atomic E-state index is 5.82. The Morgan fingerprint density at radius 2 is 2.28 bits per heavy atom. The van der Waals surface area contributed by atoms with E-state index >= 15 is 0 Å². The Kier molecular flexibility index (Phi) is 7.07. The number of ether oxygens (including phenoxy) is 1. The maximum Gasteiger partial charge on any atom is 0.0829 e. The van der Waals surface area contributed by atoms with Crippen LogP contribution in [-0.4, -0.2) is 67.3 Å². The summed E-state index contributed by atoms with van der Waals surface area (Å²) in [5.41, 5.74) is 5.59. The van der Waals surface area contributed by atoms with Gasteiger partial charge in [-0.2, -0.15) is 0 Å². The molecule has 0 aliphatic carbocycles. The number of hydrogen-bond acceptors (Lipinski definition) is 4. The van der Waals surface area contributed by atoms with Crippen molar-refractivity contribution in [1.82, 2.24) is 9.80 Å². The van der Waals surface area contributed by atoms with Crippen molar-refractivity contribution in [3.05, 3.63) is 0 Å². The van der Waals surface area contributed by atoms with Crippen LogP contribution in [0.15, 0.2) is 0 Å². The van der Waals surface area contributed by atoms with Gasteiger partial charge in [-0.3, -0.25) is 0 Å². The van der Waals surface area contributed by atoms with E-state index in [1.165, 1.54) is 0 Å². The topological polar surface area (TPSA) is 41.7 Å². The van der Waals surface area contributed by atoms with E-state index < -0.39 is 0 Å². The van der Waals surface area contributed by atoms with Crippen molar-refractivity contribution in [2.75, 3.05) is 46.4 Å². The first-order chi connectivity index (χ1) is 8.47. The molecule has 106 valence electrons. The highest BCUT2D eigenvalue weighted by atomic mass is 32.1. The molecule has 1 unspecified atom stereocenters. The van der Waals surface area contributed by atoms with E-state index in [4.69, 9.17) is 22.7 Å².